The highest BCUT2D eigenvalue weighted by molar-refractivity contribution is 5.78. The number of amides is 2. The van der Waals surface area contributed by atoms with Crippen molar-refractivity contribution in [1.29, 1.82) is 0 Å². The second-order valence-corrected chi connectivity index (χ2v) is 16.1. The van der Waals surface area contributed by atoms with E-state index in [2.05, 4.69) is 72.7 Å². The summed E-state index contributed by atoms with van der Waals surface area (Å²) < 4.78 is 0. The smallest absolute Gasteiger partial charge is 0.227 e. The van der Waals surface area contributed by atoms with Gasteiger partial charge in [-0.05, 0) is 123 Å². The SMILES string of the molecule is CC1=CCC(NC(=O)CC2C=CC(CN3CCN(C(=O)CC45CC6CC(CC(C6)C4)C5)CC3)=CC2)C=C1Nc1nccc(-c2cccnc2)n1. The number of hydrogen-bond acceptors (Lipinski definition) is 7. The molecule has 0 spiro atoms. The number of allylic oxidation sites excluding steroid dienone is 3. The van der Waals surface area contributed by atoms with E-state index in [1.165, 1.54) is 44.1 Å². The Bertz CT molecular complexity index is 1670. The van der Waals surface area contributed by atoms with Crippen LogP contribution in [-0.2, 0) is 9.59 Å². The van der Waals surface area contributed by atoms with Gasteiger partial charge in [0.2, 0.25) is 17.8 Å². The fourth-order valence-corrected chi connectivity index (χ4v) is 10.1. The Labute approximate surface area is 296 Å². The van der Waals surface area contributed by atoms with Gasteiger partial charge in [0.1, 0.15) is 0 Å². The average Bonchev–Trinajstić information content (AvgIpc) is 3.10. The molecular formula is C41H51N7O2. The molecule has 9 nitrogen and oxygen atoms in total. The molecule has 9 heteroatoms. The summed E-state index contributed by atoms with van der Waals surface area (Å²) in [6.45, 7) is 6.53. The fourth-order valence-electron chi connectivity index (χ4n) is 10.1. The monoisotopic (exact) mass is 673 g/mol. The van der Waals surface area contributed by atoms with Gasteiger partial charge in [-0.25, -0.2) is 9.97 Å². The average molecular weight is 674 g/mol. The van der Waals surface area contributed by atoms with Gasteiger partial charge in [-0.3, -0.25) is 19.5 Å². The lowest BCUT2D eigenvalue weighted by molar-refractivity contribution is -0.141. The lowest BCUT2D eigenvalue weighted by Gasteiger charge is -2.57. The van der Waals surface area contributed by atoms with E-state index in [1.54, 1.807) is 18.6 Å². The molecule has 2 aromatic rings. The molecule has 4 saturated carbocycles. The number of nitrogens with zero attached hydrogens (tertiary/aromatic N) is 5. The van der Waals surface area contributed by atoms with Crippen molar-refractivity contribution in [2.45, 2.75) is 77.2 Å². The molecule has 2 atom stereocenters. The van der Waals surface area contributed by atoms with Gasteiger partial charge >= 0.3 is 0 Å². The Morgan fingerprint density at radius 1 is 0.960 bits per heavy atom. The number of piperazine rings is 1. The van der Waals surface area contributed by atoms with Crippen LogP contribution in [0.5, 0.6) is 0 Å². The Morgan fingerprint density at radius 3 is 2.44 bits per heavy atom. The van der Waals surface area contributed by atoms with E-state index in [9.17, 15) is 9.59 Å². The Morgan fingerprint density at radius 2 is 1.74 bits per heavy atom. The zero-order chi connectivity index (χ0) is 34.1. The number of carbonyl (C=O) groups excluding carboxylic acids is 2. The third-order valence-corrected chi connectivity index (χ3v) is 12.2. The van der Waals surface area contributed by atoms with Gasteiger partial charge in [0, 0.05) is 75.4 Å². The van der Waals surface area contributed by atoms with Gasteiger partial charge in [-0.15, -0.1) is 0 Å². The van der Waals surface area contributed by atoms with Crippen molar-refractivity contribution in [3.63, 3.8) is 0 Å². The number of hydrogen-bond donors (Lipinski definition) is 2. The van der Waals surface area contributed by atoms with Crippen molar-refractivity contribution in [1.82, 2.24) is 30.1 Å². The summed E-state index contributed by atoms with van der Waals surface area (Å²) in [6, 6.07) is 5.64. The lowest BCUT2D eigenvalue weighted by atomic mass is 9.49. The van der Waals surface area contributed by atoms with E-state index in [-0.39, 0.29) is 17.9 Å². The molecule has 2 aromatic heterocycles. The molecule has 7 aliphatic rings. The summed E-state index contributed by atoms with van der Waals surface area (Å²) in [4.78, 5) is 44.4. The van der Waals surface area contributed by atoms with E-state index >= 15 is 0 Å². The van der Waals surface area contributed by atoms with Crippen LogP contribution in [0.15, 0.2) is 84.0 Å². The first kappa shape index (κ1) is 33.1. The molecule has 3 heterocycles. The minimum atomic E-state index is -0.0908. The molecule has 0 radical (unpaired) electrons. The zero-order valence-corrected chi connectivity index (χ0v) is 29.4. The van der Waals surface area contributed by atoms with E-state index in [4.69, 9.17) is 0 Å². The largest absolute Gasteiger partial charge is 0.349 e. The van der Waals surface area contributed by atoms with Crippen LogP contribution < -0.4 is 10.6 Å². The summed E-state index contributed by atoms with van der Waals surface area (Å²) in [5, 5.41) is 6.58. The molecule has 50 heavy (non-hydrogen) atoms. The van der Waals surface area contributed by atoms with E-state index in [1.807, 2.05) is 18.2 Å². The lowest BCUT2D eigenvalue weighted by Crippen LogP contribution is -2.52. The van der Waals surface area contributed by atoms with Crippen molar-refractivity contribution >= 4 is 17.8 Å². The van der Waals surface area contributed by atoms with Crippen LogP contribution >= 0.6 is 0 Å². The first-order valence-corrected chi connectivity index (χ1v) is 18.9. The highest BCUT2D eigenvalue weighted by atomic mass is 16.2. The van der Waals surface area contributed by atoms with Crippen LogP contribution in [0.4, 0.5) is 5.95 Å². The normalized spacial score (nSPS) is 30.4. The van der Waals surface area contributed by atoms with Crippen molar-refractivity contribution in [2.24, 2.45) is 29.1 Å². The molecule has 2 N–H and O–H groups in total. The molecule has 9 rings (SSSR count). The summed E-state index contributed by atoms with van der Waals surface area (Å²) in [5.41, 5.74) is 5.37. The number of aromatic nitrogens is 3. The Kier molecular flexibility index (Phi) is 9.42. The number of anilines is 1. The Hall–Kier alpha value is -4.11. The fraction of sp³-hybridized carbons (Fsp3) is 0.537. The summed E-state index contributed by atoms with van der Waals surface area (Å²) in [5.74, 6) is 3.87. The van der Waals surface area contributed by atoms with Gasteiger partial charge in [-0.1, -0.05) is 24.3 Å². The Balaban J connectivity index is 0.769. The number of carbonyl (C=O) groups is 2. The van der Waals surface area contributed by atoms with Crippen LogP contribution in [0.2, 0.25) is 0 Å². The van der Waals surface area contributed by atoms with Crippen LogP contribution in [-0.4, -0.2) is 75.3 Å². The first-order chi connectivity index (χ1) is 24.3. The molecule has 4 bridgehead atoms. The summed E-state index contributed by atoms with van der Waals surface area (Å²) in [7, 11) is 0. The van der Waals surface area contributed by atoms with E-state index < -0.39 is 0 Å². The standard InChI is InChI=1S/C41H51N7O2/c1-28-4-9-35(21-37(28)46-40-43-12-10-36(45-40)34-3-2-11-42-26-34)44-38(49)20-29-5-7-30(8-6-29)27-47-13-15-48(16-14-47)39(50)25-41-22-31-17-32(23-41)19-33(18-31)24-41/h2-5,7-8,10-12,21,26,29,31-33,35H,6,9,13-20,22-25,27H2,1H3,(H,44,49)(H,43,45,46). The van der Waals surface area contributed by atoms with Crippen LogP contribution in [0.25, 0.3) is 11.3 Å². The van der Waals surface area contributed by atoms with Crippen molar-refractivity contribution < 1.29 is 9.59 Å². The maximum absolute atomic E-state index is 13.4. The second kappa shape index (κ2) is 14.3. The van der Waals surface area contributed by atoms with Crippen LogP contribution in [0, 0.1) is 29.1 Å². The topological polar surface area (TPSA) is 103 Å². The van der Waals surface area contributed by atoms with Crippen LogP contribution in [0.1, 0.15) is 71.1 Å². The third kappa shape index (κ3) is 7.63. The first-order valence-electron chi connectivity index (χ1n) is 18.9. The molecule has 0 aromatic carbocycles. The van der Waals surface area contributed by atoms with E-state index in [0.29, 0.717) is 23.7 Å². The number of pyridine rings is 1. The van der Waals surface area contributed by atoms with Crippen LogP contribution in [0.3, 0.4) is 0 Å². The van der Waals surface area contributed by atoms with Gasteiger partial charge in [0.25, 0.3) is 0 Å². The molecular weight excluding hydrogens is 622 g/mol. The predicted molar refractivity (Wildman–Crippen MR) is 195 cm³/mol. The second-order valence-electron chi connectivity index (χ2n) is 16.1. The molecule has 2 amide bonds. The molecule has 6 aliphatic carbocycles. The molecule has 1 aliphatic heterocycles. The minimum Gasteiger partial charge on any atom is -0.349 e. The minimum absolute atomic E-state index is 0.0641. The van der Waals surface area contributed by atoms with Gasteiger partial charge < -0.3 is 15.5 Å². The maximum Gasteiger partial charge on any atom is 0.227 e. The molecule has 1 saturated heterocycles. The quantitative estimate of drug-likeness (QED) is 0.305. The number of rotatable bonds is 10. The predicted octanol–water partition coefficient (Wildman–Crippen LogP) is 6.31. The third-order valence-electron chi connectivity index (χ3n) is 12.2. The summed E-state index contributed by atoms with van der Waals surface area (Å²) >= 11 is 0. The molecule has 5 fully saturated rings. The maximum atomic E-state index is 13.4. The van der Waals surface area contributed by atoms with Crippen molar-refractivity contribution in [3.05, 3.63) is 84.0 Å². The van der Waals surface area contributed by atoms with Gasteiger partial charge in [0.15, 0.2) is 0 Å². The molecule has 262 valence electrons. The van der Waals surface area contributed by atoms with E-state index in [0.717, 1.165) is 92.3 Å². The highest BCUT2D eigenvalue weighted by Gasteiger charge is 2.51. The summed E-state index contributed by atoms with van der Waals surface area (Å²) in [6.07, 6.45) is 27.3. The zero-order valence-electron chi connectivity index (χ0n) is 29.4. The van der Waals surface area contributed by atoms with Gasteiger partial charge in [0.05, 0.1) is 11.7 Å². The highest BCUT2D eigenvalue weighted by Crippen LogP contribution is 2.61. The van der Waals surface area contributed by atoms with Crippen molar-refractivity contribution in [3.8, 4) is 11.3 Å². The number of nitrogens with one attached hydrogen (secondary N) is 2. The van der Waals surface area contributed by atoms with Gasteiger partial charge in [-0.2, -0.15) is 0 Å². The molecule has 2 unspecified atom stereocenters. The van der Waals surface area contributed by atoms with Crippen molar-refractivity contribution in [2.75, 3.05) is 38.0 Å².